The molecule has 0 bridgehead atoms. The normalized spacial score (nSPS) is 9.59. The summed E-state index contributed by atoms with van der Waals surface area (Å²) in [4.78, 5) is 8.57. The summed E-state index contributed by atoms with van der Waals surface area (Å²) in [5.74, 6) is 1.63. The Labute approximate surface area is 108 Å². The second-order valence-electron chi connectivity index (χ2n) is 3.93. The fraction of sp³-hybridized carbons (Fsp3) is 0.231. The number of aromatic nitrogens is 2. The zero-order valence-corrected chi connectivity index (χ0v) is 11.0. The van der Waals surface area contributed by atoms with Crippen LogP contribution >= 0.6 is 12.4 Å². The molecule has 90 valence electrons. The Morgan fingerprint density at radius 1 is 0.941 bits per heavy atom. The van der Waals surface area contributed by atoms with E-state index in [4.69, 9.17) is 0 Å². The van der Waals surface area contributed by atoms with Crippen molar-refractivity contribution in [2.45, 2.75) is 20.8 Å². The molecule has 17 heavy (non-hydrogen) atoms. The number of aryl methyl sites for hydroxylation is 3. The molecule has 0 fully saturated rings. The van der Waals surface area contributed by atoms with E-state index in [2.05, 4.69) is 34.3 Å². The highest BCUT2D eigenvalue weighted by Crippen LogP contribution is 2.15. The minimum absolute atomic E-state index is 0. The van der Waals surface area contributed by atoms with E-state index in [9.17, 15) is 0 Å². The number of nitrogens with zero attached hydrogens (tertiary/aromatic N) is 2. The van der Waals surface area contributed by atoms with Gasteiger partial charge in [0.2, 0.25) is 0 Å². The Balaban J connectivity index is 0.00000144. The van der Waals surface area contributed by atoms with Crippen molar-refractivity contribution in [3.05, 3.63) is 47.4 Å². The maximum absolute atomic E-state index is 4.33. The van der Waals surface area contributed by atoms with Gasteiger partial charge in [0.1, 0.15) is 11.6 Å². The minimum atomic E-state index is 0. The first-order valence-electron chi connectivity index (χ1n) is 5.29. The van der Waals surface area contributed by atoms with Crippen LogP contribution in [0.1, 0.15) is 17.1 Å². The molecule has 0 spiro atoms. The van der Waals surface area contributed by atoms with E-state index in [0.29, 0.717) is 0 Å². The summed E-state index contributed by atoms with van der Waals surface area (Å²) in [6.07, 6.45) is 0. The molecule has 2 rings (SSSR count). The van der Waals surface area contributed by atoms with E-state index >= 15 is 0 Å². The quantitative estimate of drug-likeness (QED) is 0.884. The zero-order valence-electron chi connectivity index (χ0n) is 10.2. The summed E-state index contributed by atoms with van der Waals surface area (Å²) in [6, 6.07) is 10.2. The van der Waals surface area contributed by atoms with E-state index in [1.807, 2.05) is 32.0 Å². The third kappa shape index (κ3) is 3.71. The standard InChI is InChI=1S/C13H15N3.ClH/c1-9-4-6-12(7-5-9)16-13-8-10(2)14-11(3)15-13;/h4-8H,1-3H3,(H,14,15,16);1H. The van der Waals surface area contributed by atoms with Crippen LogP contribution in [0.3, 0.4) is 0 Å². The lowest BCUT2D eigenvalue weighted by Gasteiger charge is -2.07. The molecule has 0 amide bonds. The second-order valence-corrected chi connectivity index (χ2v) is 3.93. The van der Waals surface area contributed by atoms with Gasteiger partial charge in [0, 0.05) is 17.4 Å². The van der Waals surface area contributed by atoms with E-state index in [1.165, 1.54) is 5.56 Å². The van der Waals surface area contributed by atoms with Gasteiger partial charge in [-0.05, 0) is 32.9 Å². The third-order valence-electron chi connectivity index (χ3n) is 2.29. The molecule has 1 aromatic heterocycles. The lowest BCUT2D eigenvalue weighted by Crippen LogP contribution is -1.98. The summed E-state index contributed by atoms with van der Waals surface area (Å²) in [5.41, 5.74) is 3.27. The van der Waals surface area contributed by atoms with Crippen LogP contribution in [0.5, 0.6) is 0 Å². The van der Waals surface area contributed by atoms with Crippen molar-refractivity contribution in [3.8, 4) is 0 Å². The van der Waals surface area contributed by atoms with Crippen LogP contribution in [0.2, 0.25) is 0 Å². The summed E-state index contributed by atoms with van der Waals surface area (Å²) in [7, 11) is 0. The third-order valence-corrected chi connectivity index (χ3v) is 2.29. The van der Waals surface area contributed by atoms with Crippen molar-refractivity contribution in [2.24, 2.45) is 0 Å². The second kappa shape index (κ2) is 5.64. The van der Waals surface area contributed by atoms with Gasteiger partial charge >= 0.3 is 0 Å². The van der Waals surface area contributed by atoms with Crippen LogP contribution in [-0.2, 0) is 0 Å². The molecule has 0 aliphatic carbocycles. The number of benzene rings is 1. The molecule has 1 heterocycles. The molecule has 3 nitrogen and oxygen atoms in total. The van der Waals surface area contributed by atoms with Gasteiger partial charge < -0.3 is 5.32 Å². The minimum Gasteiger partial charge on any atom is -0.340 e. The molecule has 2 aromatic rings. The summed E-state index contributed by atoms with van der Waals surface area (Å²) in [6.45, 7) is 5.94. The van der Waals surface area contributed by atoms with Crippen molar-refractivity contribution < 1.29 is 0 Å². The Kier molecular flexibility index (Phi) is 4.46. The van der Waals surface area contributed by atoms with Gasteiger partial charge in [-0.1, -0.05) is 17.7 Å². The Morgan fingerprint density at radius 3 is 2.18 bits per heavy atom. The molecule has 0 saturated carbocycles. The highest BCUT2D eigenvalue weighted by Gasteiger charge is 1.99. The highest BCUT2D eigenvalue weighted by atomic mass is 35.5. The van der Waals surface area contributed by atoms with Crippen molar-refractivity contribution in [1.82, 2.24) is 9.97 Å². The maximum atomic E-state index is 4.33. The van der Waals surface area contributed by atoms with Crippen LogP contribution in [0, 0.1) is 20.8 Å². The van der Waals surface area contributed by atoms with E-state index in [1.54, 1.807) is 0 Å². The van der Waals surface area contributed by atoms with Gasteiger partial charge in [0.15, 0.2) is 0 Å². The number of anilines is 2. The molecule has 0 unspecified atom stereocenters. The molecular weight excluding hydrogens is 234 g/mol. The molecule has 0 aliphatic rings. The van der Waals surface area contributed by atoms with Gasteiger partial charge in [0.25, 0.3) is 0 Å². The zero-order chi connectivity index (χ0) is 11.5. The molecule has 0 radical (unpaired) electrons. The molecule has 0 aliphatic heterocycles. The van der Waals surface area contributed by atoms with Crippen LogP contribution in [0.25, 0.3) is 0 Å². The first kappa shape index (κ1) is 13.5. The van der Waals surface area contributed by atoms with Crippen molar-refractivity contribution >= 4 is 23.9 Å². The van der Waals surface area contributed by atoms with Crippen molar-refractivity contribution in [3.63, 3.8) is 0 Å². The predicted octanol–water partition coefficient (Wildman–Crippen LogP) is 3.57. The summed E-state index contributed by atoms with van der Waals surface area (Å²) in [5, 5.41) is 3.26. The molecule has 0 atom stereocenters. The number of rotatable bonds is 2. The summed E-state index contributed by atoms with van der Waals surface area (Å²) < 4.78 is 0. The number of nitrogens with one attached hydrogen (secondary N) is 1. The number of halogens is 1. The molecular formula is C13H16ClN3. The number of hydrogen-bond donors (Lipinski definition) is 1. The Morgan fingerprint density at radius 2 is 1.59 bits per heavy atom. The lowest BCUT2D eigenvalue weighted by molar-refractivity contribution is 1.02. The monoisotopic (exact) mass is 249 g/mol. The largest absolute Gasteiger partial charge is 0.340 e. The topological polar surface area (TPSA) is 37.8 Å². The van der Waals surface area contributed by atoms with Crippen LogP contribution in [0.4, 0.5) is 11.5 Å². The fourth-order valence-corrected chi connectivity index (χ4v) is 1.57. The van der Waals surface area contributed by atoms with Crippen LogP contribution in [0.15, 0.2) is 30.3 Å². The molecule has 0 saturated heterocycles. The van der Waals surface area contributed by atoms with Gasteiger partial charge in [-0.3, -0.25) is 0 Å². The van der Waals surface area contributed by atoms with Gasteiger partial charge in [-0.25, -0.2) is 9.97 Å². The van der Waals surface area contributed by atoms with Crippen molar-refractivity contribution in [1.29, 1.82) is 0 Å². The first-order valence-corrected chi connectivity index (χ1v) is 5.29. The smallest absolute Gasteiger partial charge is 0.134 e. The summed E-state index contributed by atoms with van der Waals surface area (Å²) >= 11 is 0. The van der Waals surface area contributed by atoms with Crippen LogP contribution in [-0.4, -0.2) is 9.97 Å². The van der Waals surface area contributed by atoms with E-state index in [-0.39, 0.29) is 12.4 Å². The lowest BCUT2D eigenvalue weighted by atomic mass is 10.2. The van der Waals surface area contributed by atoms with Gasteiger partial charge in [-0.15, -0.1) is 12.4 Å². The Bertz CT molecular complexity index is 474. The maximum Gasteiger partial charge on any atom is 0.134 e. The molecule has 1 aromatic carbocycles. The van der Waals surface area contributed by atoms with E-state index in [0.717, 1.165) is 23.0 Å². The Hall–Kier alpha value is -1.61. The average Bonchev–Trinajstić information content (AvgIpc) is 2.20. The van der Waals surface area contributed by atoms with Gasteiger partial charge in [-0.2, -0.15) is 0 Å². The molecule has 1 N–H and O–H groups in total. The van der Waals surface area contributed by atoms with E-state index < -0.39 is 0 Å². The number of hydrogen-bond acceptors (Lipinski definition) is 3. The SMILES string of the molecule is Cc1ccc(Nc2cc(C)nc(C)n2)cc1.Cl. The molecule has 4 heteroatoms. The highest BCUT2D eigenvalue weighted by molar-refractivity contribution is 5.85. The first-order chi connectivity index (χ1) is 7.63. The fourth-order valence-electron chi connectivity index (χ4n) is 1.57. The predicted molar refractivity (Wildman–Crippen MR) is 73.2 cm³/mol. The average molecular weight is 250 g/mol. The van der Waals surface area contributed by atoms with Crippen LogP contribution < -0.4 is 5.32 Å². The van der Waals surface area contributed by atoms with Crippen molar-refractivity contribution in [2.75, 3.05) is 5.32 Å². The van der Waals surface area contributed by atoms with Gasteiger partial charge in [0.05, 0.1) is 0 Å².